The maximum atomic E-state index is 11.8. The van der Waals surface area contributed by atoms with Crippen LogP contribution in [0, 0.1) is 6.92 Å². The second kappa shape index (κ2) is 8.94. The quantitative estimate of drug-likeness (QED) is 0.0632. The van der Waals surface area contributed by atoms with Crippen molar-refractivity contribution in [1.29, 1.82) is 0 Å². The molecule has 2 atom stereocenters. The fraction of sp³-hybridized carbons (Fsp3) is 0.615. The van der Waals surface area contributed by atoms with Gasteiger partial charge in [-0.3, -0.25) is 14.1 Å². The van der Waals surface area contributed by atoms with E-state index in [4.69, 9.17) is 11.5 Å². The van der Waals surface area contributed by atoms with Crippen molar-refractivity contribution in [2.24, 2.45) is 16.5 Å². The summed E-state index contributed by atoms with van der Waals surface area (Å²) in [4.78, 5) is 27.8. The first-order valence-corrected chi connectivity index (χ1v) is 9.73. The van der Waals surface area contributed by atoms with Crippen LogP contribution < -0.4 is 22.1 Å². The Hall–Kier alpha value is -2.78. The van der Waals surface area contributed by atoms with E-state index < -0.39 is 28.3 Å². The summed E-state index contributed by atoms with van der Waals surface area (Å²) in [5, 5.41) is 13.5. The number of nitrogens with one attached hydrogen (secondary N) is 2. The Kier molecular flexibility index (Phi) is 6.87. The number of carbonyl (C=O) groups excluding carboxylic acids is 2. The number of hydrogen-bond acceptors (Lipinski definition) is 8. The van der Waals surface area contributed by atoms with Gasteiger partial charge < -0.3 is 22.1 Å². The molecule has 1 fully saturated rings. The van der Waals surface area contributed by atoms with Crippen LogP contribution in [-0.4, -0.2) is 75.7 Å². The van der Waals surface area contributed by atoms with E-state index in [-0.39, 0.29) is 29.8 Å². The fourth-order valence-corrected chi connectivity index (χ4v) is 3.50. The highest BCUT2D eigenvalue weighted by molar-refractivity contribution is 7.84. The second-order valence-corrected chi connectivity index (χ2v) is 7.29. The number of aliphatic imine (C=N–C) groups is 1. The zero-order valence-electron chi connectivity index (χ0n) is 15.1. The summed E-state index contributed by atoms with van der Waals surface area (Å²) in [7, 11) is -4.77. The summed E-state index contributed by atoms with van der Waals surface area (Å²) in [6.45, 7) is 2.77. The predicted octanol–water partition coefficient (Wildman–Crippen LogP) is -3.53. The number of nitrogens with two attached hydrogens (primary N) is 2. The number of rotatable bonds is 10. The van der Waals surface area contributed by atoms with E-state index in [0.29, 0.717) is 24.5 Å². The number of hydrogen-bond donors (Lipinski definition) is 5. The average molecular weight is 417 g/mol. The molecule has 15 heteroatoms. The number of β-lactam (4-membered cyclic amide) rings is 1. The van der Waals surface area contributed by atoms with Crippen molar-refractivity contribution in [2.75, 3.05) is 13.1 Å². The van der Waals surface area contributed by atoms with Gasteiger partial charge in [0.2, 0.25) is 6.41 Å². The highest BCUT2D eigenvalue weighted by Gasteiger charge is 2.53. The summed E-state index contributed by atoms with van der Waals surface area (Å²) < 4.78 is 32.2. The molecule has 7 N–H and O–H groups in total. The van der Waals surface area contributed by atoms with Crippen LogP contribution in [0.2, 0.25) is 0 Å². The molecule has 156 valence electrons. The Labute approximate surface area is 161 Å². The van der Waals surface area contributed by atoms with Gasteiger partial charge >= 0.3 is 10.3 Å². The molecule has 2 amide bonds. The molecule has 0 aromatic carbocycles. The van der Waals surface area contributed by atoms with Gasteiger partial charge in [0.15, 0.2) is 5.96 Å². The van der Waals surface area contributed by atoms with E-state index in [1.807, 2.05) is 0 Å². The molecule has 1 aromatic heterocycles. The molecule has 1 aliphatic rings. The molecule has 28 heavy (non-hydrogen) atoms. The lowest BCUT2D eigenvalue weighted by molar-refractivity contribution is -0.144. The van der Waals surface area contributed by atoms with Crippen LogP contribution in [0.4, 0.5) is 0 Å². The Morgan fingerprint density at radius 3 is 2.75 bits per heavy atom. The first kappa shape index (κ1) is 21.5. The maximum absolute atomic E-state index is 11.8. The van der Waals surface area contributed by atoms with Crippen LogP contribution in [0.3, 0.4) is 0 Å². The molecule has 1 saturated heterocycles. The smallest absolute Gasteiger partial charge is 0.362 e. The van der Waals surface area contributed by atoms with Gasteiger partial charge in [0.1, 0.15) is 17.8 Å². The standard InChI is InChI=1S/C13H23N9O5S/c1-8-9(5-17-13(15)16-4-2-3-14)20-21(19-8)6-10-11(18-7-23)12(24)22(10)28(25,26)27/h7,10-11H,2-6,14H2,1H3,(H,18,23)(H3,15,16,17)(H,25,26,27). The Morgan fingerprint density at radius 2 is 2.14 bits per heavy atom. The molecule has 0 radical (unpaired) electrons. The molecule has 0 bridgehead atoms. The van der Waals surface area contributed by atoms with Crippen molar-refractivity contribution >= 4 is 28.6 Å². The van der Waals surface area contributed by atoms with Gasteiger partial charge in [-0.15, -0.1) is 0 Å². The Balaban J connectivity index is 2.08. The molecule has 2 unspecified atom stereocenters. The van der Waals surface area contributed by atoms with Crippen molar-refractivity contribution in [3.8, 4) is 0 Å². The number of aryl methyl sites for hydroxylation is 1. The fourth-order valence-electron chi connectivity index (χ4n) is 2.63. The van der Waals surface area contributed by atoms with E-state index in [0.717, 1.165) is 6.42 Å². The van der Waals surface area contributed by atoms with Crippen molar-refractivity contribution in [2.45, 2.75) is 38.5 Å². The minimum Gasteiger partial charge on any atom is -0.370 e. The molecule has 1 aliphatic heterocycles. The molecule has 0 aliphatic carbocycles. The lowest BCUT2D eigenvalue weighted by Gasteiger charge is -2.43. The first-order chi connectivity index (χ1) is 13.2. The number of carbonyl (C=O) groups is 2. The molecule has 2 rings (SSSR count). The number of guanidine groups is 1. The molecule has 1 aromatic rings. The van der Waals surface area contributed by atoms with Crippen LogP contribution in [0.15, 0.2) is 4.99 Å². The van der Waals surface area contributed by atoms with E-state index in [1.165, 1.54) is 4.80 Å². The highest BCUT2D eigenvalue weighted by atomic mass is 32.2. The number of aromatic nitrogens is 3. The highest BCUT2D eigenvalue weighted by Crippen LogP contribution is 2.24. The van der Waals surface area contributed by atoms with Gasteiger partial charge in [-0.25, -0.2) is 9.30 Å². The van der Waals surface area contributed by atoms with E-state index in [1.54, 1.807) is 6.92 Å². The van der Waals surface area contributed by atoms with Crippen LogP contribution in [-0.2, 0) is 33.0 Å². The monoisotopic (exact) mass is 417 g/mol. The third-order valence-corrected chi connectivity index (χ3v) is 4.97. The van der Waals surface area contributed by atoms with Crippen molar-refractivity contribution in [1.82, 2.24) is 29.9 Å². The van der Waals surface area contributed by atoms with Gasteiger partial charge in [0.25, 0.3) is 5.91 Å². The van der Waals surface area contributed by atoms with Crippen molar-refractivity contribution in [3.63, 3.8) is 0 Å². The van der Waals surface area contributed by atoms with Crippen molar-refractivity contribution < 1.29 is 22.6 Å². The van der Waals surface area contributed by atoms with Gasteiger partial charge in [-0.1, -0.05) is 0 Å². The topological polar surface area (TPSA) is 211 Å². The summed E-state index contributed by atoms with van der Waals surface area (Å²) in [5.41, 5.74) is 12.1. The van der Waals surface area contributed by atoms with Crippen LogP contribution in [0.25, 0.3) is 0 Å². The zero-order valence-corrected chi connectivity index (χ0v) is 16.0. The van der Waals surface area contributed by atoms with Crippen molar-refractivity contribution in [3.05, 3.63) is 11.4 Å². The largest absolute Gasteiger partial charge is 0.370 e. The van der Waals surface area contributed by atoms with Gasteiger partial charge in [0, 0.05) is 6.54 Å². The summed E-state index contributed by atoms with van der Waals surface area (Å²) in [6, 6.07) is -2.16. The summed E-state index contributed by atoms with van der Waals surface area (Å²) >= 11 is 0. The van der Waals surface area contributed by atoms with Crippen LogP contribution in [0.1, 0.15) is 17.8 Å². The average Bonchev–Trinajstić information content (AvgIpc) is 2.96. The third-order valence-electron chi connectivity index (χ3n) is 4.02. The maximum Gasteiger partial charge on any atom is 0.362 e. The molecule has 14 nitrogen and oxygen atoms in total. The molecule has 0 saturated carbocycles. The summed E-state index contributed by atoms with van der Waals surface area (Å²) in [5.74, 6) is -0.718. The zero-order chi connectivity index (χ0) is 20.9. The lowest BCUT2D eigenvalue weighted by Crippen LogP contribution is -2.72. The first-order valence-electron chi connectivity index (χ1n) is 8.34. The minimum atomic E-state index is -4.77. The molecular weight excluding hydrogens is 394 g/mol. The second-order valence-electron chi connectivity index (χ2n) is 6.00. The normalized spacial score (nSPS) is 20.0. The number of amides is 2. The van der Waals surface area contributed by atoms with E-state index >= 15 is 0 Å². The minimum absolute atomic E-state index is 0.134. The van der Waals surface area contributed by atoms with Crippen LogP contribution in [0.5, 0.6) is 0 Å². The summed E-state index contributed by atoms with van der Waals surface area (Å²) in [6.07, 6.45) is 1.02. The third kappa shape index (κ3) is 4.93. The van der Waals surface area contributed by atoms with E-state index in [9.17, 15) is 22.6 Å². The Bertz CT molecular complexity index is 853. The van der Waals surface area contributed by atoms with Gasteiger partial charge in [-0.2, -0.15) is 23.4 Å². The molecule has 0 spiro atoms. The SMILES string of the molecule is Cc1nn(CC2C(NC=O)C(=O)N2S(=O)(=O)O)nc1CN=C(N)NCCCN. The van der Waals surface area contributed by atoms with Gasteiger partial charge in [0.05, 0.1) is 18.8 Å². The predicted molar refractivity (Wildman–Crippen MR) is 96.9 cm³/mol. The molecular formula is C13H23N9O5S. The van der Waals surface area contributed by atoms with Gasteiger partial charge in [-0.05, 0) is 19.9 Å². The van der Waals surface area contributed by atoms with E-state index in [2.05, 4.69) is 25.8 Å². The number of nitrogens with zero attached hydrogens (tertiary/aromatic N) is 5. The molecule has 2 heterocycles. The Morgan fingerprint density at radius 1 is 1.43 bits per heavy atom. The van der Waals surface area contributed by atoms with Crippen LogP contribution >= 0.6 is 0 Å². The lowest BCUT2D eigenvalue weighted by atomic mass is 9.99.